The van der Waals surface area contributed by atoms with Crippen molar-refractivity contribution in [1.29, 1.82) is 0 Å². The maximum Gasteiger partial charge on any atom is 0.241 e. The number of hydrogen-bond acceptors (Lipinski definition) is 3. The van der Waals surface area contributed by atoms with E-state index in [1.165, 1.54) is 12.1 Å². The van der Waals surface area contributed by atoms with Crippen LogP contribution >= 0.6 is 12.2 Å². The first kappa shape index (κ1) is 16.3. The third-order valence-electron chi connectivity index (χ3n) is 3.83. The minimum absolute atomic E-state index is 0.0148. The van der Waals surface area contributed by atoms with Gasteiger partial charge in [0.2, 0.25) is 10.0 Å². The van der Waals surface area contributed by atoms with E-state index in [1.807, 2.05) is 0 Å². The average Bonchev–Trinajstić information content (AvgIpc) is 2.46. The van der Waals surface area contributed by atoms with Crippen molar-refractivity contribution in [2.24, 2.45) is 11.7 Å². The van der Waals surface area contributed by atoms with Crippen LogP contribution in [0.2, 0.25) is 0 Å². The van der Waals surface area contributed by atoms with Crippen LogP contribution in [0.1, 0.15) is 32.1 Å². The van der Waals surface area contributed by atoms with Gasteiger partial charge in [-0.3, -0.25) is 0 Å². The Morgan fingerprint density at radius 3 is 2.33 bits per heavy atom. The molecule has 2 rings (SSSR count). The topological polar surface area (TPSA) is 72.2 Å². The summed E-state index contributed by atoms with van der Waals surface area (Å²) in [7, 11) is -3.75. The first-order chi connectivity index (χ1) is 9.90. The van der Waals surface area contributed by atoms with E-state index in [9.17, 15) is 12.8 Å². The van der Waals surface area contributed by atoms with Crippen molar-refractivity contribution < 1.29 is 12.8 Å². The van der Waals surface area contributed by atoms with E-state index in [0.29, 0.717) is 0 Å². The van der Waals surface area contributed by atoms with E-state index in [4.69, 9.17) is 18.0 Å². The van der Waals surface area contributed by atoms with E-state index in [1.54, 1.807) is 0 Å². The Bertz CT molecular complexity index is 596. The highest BCUT2D eigenvalue weighted by atomic mass is 32.2. The molecule has 0 aliphatic heterocycles. The third-order valence-corrected chi connectivity index (χ3v) is 5.54. The number of hydrogen-bond donors (Lipinski definition) is 2. The number of thiocarbonyl (C=S) groups is 1. The molecule has 1 fully saturated rings. The van der Waals surface area contributed by atoms with Crippen LogP contribution in [0.25, 0.3) is 0 Å². The van der Waals surface area contributed by atoms with Crippen LogP contribution in [0.15, 0.2) is 29.2 Å². The molecular weight excluding hydrogens is 311 g/mol. The van der Waals surface area contributed by atoms with Crippen molar-refractivity contribution in [2.45, 2.75) is 43.0 Å². The highest BCUT2D eigenvalue weighted by Crippen LogP contribution is 2.27. The van der Waals surface area contributed by atoms with Crippen molar-refractivity contribution in [3.05, 3.63) is 30.1 Å². The molecule has 3 N–H and O–H groups in total. The van der Waals surface area contributed by atoms with Crippen LogP contribution < -0.4 is 10.5 Å². The molecule has 0 amide bonds. The molecule has 4 nitrogen and oxygen atoms in total. The van der Waals surface area contributed by atoms with Gasteiger partial charge >= 0.3 is 0 Å². The molecule has 21 heavy (non-hydrogen) atoms. The van der Waals surface area contributed by atoms with E-state index in [2.05, 4.69) is 4.72 Å². The molecule has 1 aromatic carbocycles. The first-order valence-electron chi connectivity index (χ1n) is 6.97. The molecule has 1 atom stereocenters. The average molecular weight is 330 g/mol. The Balaban J connectivity index is 2.18. The first-order valence-corrected chi connectivity index (χ1v) is 8.86. The Morgan fingerprint density at radius 2 is 1.81 bits per heavy atom. The van der Waals surface area contributed by atoms with Gasteiger partial charge in [-0.25, -0.2) is 17.5 Å². The third kappa shape index (κ3) is 4.21. The fourth-order valence-electron chi connectivity index (χ4n) is 2.70. The van der Waals surface area contributed by atoms with Gasteiger partial charge in [0, 0.05) is 0 Å². The summed E-state index contributed by atoms with van der Waals surface area (Å²) in [6.07, 6.45) is 5.09. The number of nitrogens with one attached hydrogen (secondary N) is 1. The van der Waals surface area contributed by atoms with Gasteiger partial charge in [-0.2, -0.15) is 0 Å². The minimum atomic E-state index is -3.75. The molecule has 0 saturated heterocycles. The molecule has 1 unspecified atom stereocenters. The summed E-state index contributed by atoms with van der Waals surface area (Å²) >= 11 is 5.03. The Hall–Kier alpha value is -1.05. The lowest BCUT2D eigenvalue weighted by atomic mass is 9.84. The normalized spacial score (nSPS) is 18.3. The fourth-order valence-corrected chi connectivity index (χ4v) is 4.31. The number of rotatable bonds is 5. The molecule has 1 aromatic rings. The van der Waals surface area contributed by atoms with Crippen molar-refractivity contribution in [3.8, 4) is 0 Å². The second-order valence-electron chi connectivity index (χ2n) is 5.35. The Kier molecular flexibility index (Phi) is 5.29. The van der Waals surface area contributed by atoms with Gasteiger partial charge in [-0.1, -0.05) is 31.5 Å². The van der Waals surface area contributed by atoms with Gasteiger partial charge in [0.05, 0.1) is 15.9 Å². The number of halogens is 1. The van der Waals surface area contributed by atoms with Gasteiger partial charge in [-0.05, 0) is 43.0 Å². The second-order valence-corrected chi connectivity index (χ2v) is 7.54. The molecular formula is C14H19FN2O2S2. The van der Waals surface area contributed by atoms with Gasteiger partial charge in [0.25, 0.3) is 0 Å². The molecule has 0 aromatic heterocycles. The zero-order valence-corrected chi connectivity index (χ0v) is 13.2. The molecule has 1 aliphatic carbocycles. The summed E-state index contributed by atoms with van der Waals surface area (Å²) in [6, 6.07) is 4.15. The maximum atomic E-state index is 12.9. The highest BCUT2D eigenvalue weighted by Gasteiger charge is 2.30. The summed E-state index contributed by atoms with van der Waals surface area (Å²) < 4.78 is 40.2. The fraction of sp³-hybridized carbons (Fsp3) is 0.500. The van der Waals surface area contributed by atoms with Crippen LogP contribution in [0.3, 0.4) is 0 Å². The molecule has 116 valence electrons. The Labute approximate surface area is 130 Å². The van der Waals surface area contributed by atoms with Crippen molar-refractivity contribution in [2.75, 3.05) is 0 Å². The van der Waals surface area contributed by atoms with E-state index < -0.39 is 21.9 Å². The largest absolute Gasteiger partial charge is 0.392 e. The SMILES string of the molecule is NC(=S)C(NS(=O)(=O)c1ccc(F)cc1)C1CCCCC1. The smallest absolute Gasteiger partial charge is 0.241 e. The van der Waals surface area contributed by atoms with Crippen LogP contribution in [0.4, 0.5) is 4.39 Å². The van der Waals surface area contributed by atoms with Crippen molar-refractivity contribution in [1.82, 2.24) is 4.72 Å². The minimum Gasteiger partial charge on any atom is -0.392 e. The number of benzene rings is 1. The molecule has 0 heterocycles. The standard InChI is InChI=1S/C14H19FN2O2S2/c15-11-6-8-12(9-7-11)21(18,19)17-13(14(16)20)10-4-2-1-3-5-10/h6-10,13,17H,1-5H2,(H2,16,20). The zero-order chi connectivity index (χ0) is 15.5. The van der Waals surface area contributed by atoms with Crippen LogP contribution in [0.5, 0.6) is 0 Å². The molecule has 7 heteroatoms. The van der Waals surface area contributed by atoms with Crippen LogP contribution in [-0.2, 0) is 10.0 Å². The summed E-state index contributed by atoms with van der Waals surface area (Å²) in [5, 5.41) is 0. The summed E-state index contributed by atoms with van der Waals surface area (Å²) in [5.41, 5.74) is 5.72. The molecule has 0 bridgehead atoms. The maximum absolute atomic E-state index is 12.9. The van der Waals surface area contributed by atoms with Crippen molar-refractivity contribution in [3.63, 3.8) is 0 Å². The highest BCUT2D eigenvalue weighted by molar-refractivity contribution is 7.89. The van der Waals surface area contributed by atoms with E-state index in [-0.39, 0.29) is 15.8 Å². The van der Waals surface area contributed by atoms with Gasteiger partial charge in [0.15, 0.2) is 0 Å². The van der Waals surface area contributed by atoms with Gasteiger partial charge in [-0.15, -0.1) is 0 Å². The Morgan fingerprint density at radius 1 is 1.24 bits per heavy atom. The molecule has 0 radical (unpaired) electrons. The second kappa shape index (κ2) is 6.81. The predicted molar refractivity (Wildman–Crippen MR) is 83.9 cm³/mol. The lowest BCUT2D eigenvalue weighted by molar-refractivity contribution is 0.330. The summed E-state index contributed by atoms with van der Waals surface area (Å²) in [5.74, 6) is -0.349. The lowest BCUT2D eigenvalue weighted by Crippen LogP contribution is -2.48. The molecule has 1 aliphatic rings. The predicted octanol–water partition coefficient (Wildman–Crippen LogP) is 2.34. The van der Waals surface area contributed by atoms with Gasteiger partial charge in [0.1, 0.15) is 5.82 Å². The number of sulfonamides is 1. The quantitative estimate of drug-likeness (QED) is 0.813. The molecule has 1 saturated carbocycles. The van der Waals surface area contributed by atoms with E-state index >= 15 is 0 Å². The summed E-state index contributed by atoms with van der Waals surface area (Å²) in [6.45, 7) is 0. The molecule has 0 spiro atoms. The monoisotopic (exact) mass is 330 g/mol. The van der Waals surface area contributed by atoms with Gasteiger partial charge < -0.3 is 5.73 Å². The van der Waals surface area contributed by atoms with Crippen molar-refractivity contribution >= 4 is 27.2 Å². The lowest BCUT2D eigenvalue weighted by Gasteiger charge is -2.30. The van der Waals surface area contributed by atoms with E-state index in [0.717, 1.165) is 44.2 Å². The van der Waals surface area contributed by atoms with Crippen LogP contribution in [-0.4, -0.2) is 19.4 Å². The van der Waals surface area contributed by atoms with Crippen LogP contribution in [0, 0.1) is 11.7 Å². The zero-order valence-electron chi connectivity index (χ0n) is 11.6. The number of nitrogens with two attached hydrogens (primary N) is 1. The summed E-state index contributed by atoms with van der Waals surface area (Å²) in [4.78, 5) is 0.175.